The average molecular weight is 329 g/mol. The van der Waals surface area contributed by atoms with Gasteiger partial charge in [0.1, 0.15) is 17.2 Å². The Balaban J connectivity index is 2.29. The molecule has 0 saturated carbocycles. The fourth-order valence-electron chi connectivity index (χ4n) is 2.95. The highest BCUT2D eigenvalue weighted by molar-refractivity contribution is 5.43. The summed E-state index contributed by atoms with van der Waals surface area (Å²) in [6, 6.07) is 12.2. The third kappa shape index (κ3) is 4.01. The monoisotopic (exact) mass is 329 g/mol. The number of nitrogens with two attached hydrogens (primary N) is 1. The molecule has 0 aliphatic carbocycles. The molecule has 0 radical (unpaired) electrons. The SMILES string of the molecule is CCc1cc(C(CN)Cc2ccc(OC)cc2OC)ccc1OC. The molecule has 0 saturated heterocycles. The Morgan fingerprint density at radius 1 is 0.875 bits per heavy atom. The maximum atomic E-state index is 6.07. The highest BCUT2D eigenvalue weighted by atomic mass is 16.5. The number of aryl methyl sites for hydroxylation is 1. The first-order valence-corrected chi connectivity index (χ1v) is 8.24. The van der Waals surface area contributed by atoms with Gasteiger partial charge in [-0.25, -0.2) is 0 Å². The van der Waals surface area contributed by atoms with Crippen LogP contribution in [0, 0.1) is 0 Å². The van der Waals surface area contributed by atoms with Crippen molar-refractivity contribution in [1.29, 1.82) is 0 Å². The zero-order chi connectivity index (χ0) is 17.5. The lowest BCUT2D eigenvalue weighted by molar-refractivity contribution is 0.390. The van der Waals surface area contributed by atoms with Gasteiger partial charge < -0.3 is 19.9 Å². The normalized spacial score (nSPS) is 11.9. The van der Waals surface area contributed by atoms with Crippen LogP contribution in [0.1, 0.15) is 29.5 Å². The number of rotatable bonds is 8. The van der Waals surface area contributed by atoms with Crippen LogP contribution >= 0.6 is 0 Å². The van der Waals surface area contributed by atoms with Crippen LogP contribution in [0.4, 0.5) is 0 Å². The summed E-state index contributed by atoms with van der Waals surface area (Å²) in [6.45, 7) is 2.70. The molecule has 2 N–H and O–H groups in total. The van der Waals surface area contributed by atoms with Crippen molar-refractivity contribution >= 4 is 0 Å². The Bertz CT molecular complexity index is 670. The summed E-state index contributed by atoms with van der Waals surface area (Å²) >= 11 is 0. The van der Waals surface area contributed by atoms with Crippen LogP contribution in [0.2, 0.25) is 0 Å². The van der Waals surface area contributed by atoms with Crippen molar-refractivity contribution in [3.05, 3.63) is 53.1 Å². The molecule has 24 heavy (non-hydrogen) atoms. The number of hydrogen-bond acceptors (Lipinski definition) is 4. The Morgan fingerprint density at radius 2 is 1.62 bits per heavy atom. The molecule has 0 bridgehead atoms. The molecule has 2 aromatic carbocycles. The number of methoxy groups -OCH3 is 3. The van der Waals surface area contributed by atoms with E-state index in [1.54, 1.807) is 21.3 Å². The molecule has 1 unspecified atom stereocenters. The molecule has 2 rings (SSSR count). The average Bonchev–Trinajstić information content (AvgIpc) is 2.65. The van der Waals surface area contributed by atoms with Crippen molar-refractivity contribution < 1.29 is 14.2 Å². The first-order valence-electron chi connectivity index (χ1n) is 8.24. The van der Waals surface area contributed by atoms with Gasteiger partial charge in [-0.05, 0) is 48.2 Å². The van der Waals surface area contributed by atoms with Gasteiger partial charge in [0.2, 0.25) is 0 Å². The van der Waals surface area contributed by atoms with Crippen molar-refractivity contribution in [2.75, 3.05) is 27.9 Å². The summed E-state index contributed by atoms with van der Waals surface area (Å²) in [6.07, 6.45) is 1.75. The highest BCUT2D eigenvalue weighted by Gasteiger charge is 2.16. The van der Waals surface area contributed by atoms with E-state index in [2.05, 4.69) is 19.1 Å². The minimum Gasteiger partial charge on any atom is -0.497 e. The van der Waals surface area contributed by atoms with Crippen LogP contribution in [0.15, 0.2) is 36.4 Å². The Hall–Kier alpha value is -2.20. The Labute approximate surface area is 144 Å². The van der Waals surface area contributed by atoms with Crippen molar-refractivity contribution in [2.45, 2.75) is 25.7 Å². The molecule has 2 aromatic rings. The lowest BCUT2D eigenvalue weighted by atomic mass is 9.90. The lowest BCUT2D eigenvalue weighted by Crippen LogP contribution is -2.16. The van der Waals surface area contributed by atoms with Crippen LogP contribution in [0.5, 0.6) is 17.2 Å². The van der Waals surface area contributed by atoms with Crippen LogP contribution < -0.4 is 19.9 Å². The van der Waals surface area contributed by atoms with Crippen molar-refractivity contribution in [2.24, 2.45) is 5.73 Å². The maximum absolute atomic E-state index is 6.07. The summed E-state index contributed by atoms with van der Waals surface area (Å²) in [4.78, 5) is 0. The van der Waals surface area contributed by atoms with Gasteiger partial charge in [0, 0.05) is 12.0 Å². The first-order chi connectivity index (χ1) is 11.7. The van der Waals surface area contributed by atoms with E-state index < -0.39 is 0 Å². The summed E-state index contributed by atoms with van der Waals surface area (Å²) < 4.78 is 16.2. The van der Waals surface area contributed by atoms with Gasteiger partial charge in [-0.15, -0.1) is 0 Å². The maximum Gasteiger partial charge on any atom is 0.125 e. The third-order valence-electron chi connectivity index (χ3n) is 4.40. The molecule has 0 heterocycles. The molecule has 0 spiro atoms. The van der Waals surface area contributed by atoms with Gasteiger partial charge in [0.05, 0.1) is 21.3 Å². The van der Waals surface area contributed by atoms with Crippen LogP contribution in [-0.2, 0) is 12.8 Å². The van der Waals surface area contributed by atoms with E-state index in [1.807, 2.05) is 24.3 Å². The first kappa shape index (κ1) is 18.1. The van der Waals surface area contributed by atoms with Crippen LogP contribution in [0.25, 0.3) is 0 Å². The fraction of sp³-hybridized carbons (Fsp3) is 0.400. The molecular formula is C20H27NO3. The zero-order valence-corrected chi connectivity index (χ0v) is 15.0. The molecule has 0 aliphatic heterocycles. The second kappa shape index (κ2) is 8.60. The molecule has 0 aliphatic rings. The molecule has 4 heteroatoms. The van der Waals surface area contributed by atoms with Gasteiger partial charge in [0.15, 0.2) is 0 Å². The summed E-state index contributed by atoms with van der Waals surface area (Å²) in [5.41, 5.74) is 9.63. The second-order valence-corrected chi connectivity index (χ2v) is 5.74. The van der Waals surface area contributed by atoms with E-state index in [9.17, 15) is 0 Å². The Kier molecular flexibility index (Phi) is 6.50. The van der Waals surface area contributed by atoms with Crippen LogP contribution in [0.3, 0.4) is 0 Å². The predicted octanol–water partition coefficient (Wildman–Crippen LogP) is 3.56. The zero-order valence-electron chi connectivity index (χ0n) is 15.0. The van der Waals surface area contributed by atoms with E-state index in [4.69, 9.17) is 19.9 Å². The second-order valence-electron chi connectivity index (χ2n) is 5.74. The number of ether oxygens (including phenoxy) is 3. The molecule has 4 nitrogen and oxygen atoms in total. The number of hydrogen-bond donors (Lipinski definition) is 1. The van der Waals surface area contributed by atoms with Crippen molar-refractivity contribution in [3.63, 3.8) is 0 Å². The summed E-state index contributed by atoms with van der Waals surface area (Å²) in [7, 11) is 5.04. The minimum atomic E-state index is 0.225. The van der Waals surface area contributed by atoms with E-state index in [-0.39, 0.29) is 5.92 Å². The van der Waals surface area contributed by atoms with Gasteiger partial charge in [0.25, 0.3) is 0 Å². The molecule has 130 valence electrons. The fourth-order valence-corrected chi connectivity index (χ4v) is 2.95. The third-order valence-corrected chi connectivity index (χ3v) is 4.40. The standard InChI is InChI=1S/C20H27NO3/c1-5-14-10-15(7-9-19(14)23-3)17(13-21)11-16-6-8-18(22-2)12-20(16)24-4/h6-10,12,17H,5,11,13,21H2,1-4H3. The van der Waals surface area contributed by atoms with Gasteiger partial charge in [-0.1, -0.05) is 25.1 Å². The Morgan fingerprint density at radius 3 is 2.21 bits per heavy atom. The predicted molar refractivity (Wildman–Crippen MR) is 97.4 cm³/mol. The van der Waals surface area contributed by atoms with E-state index in [0.717, 1.165) is 35.7 Å². The quantitative estimate of drug-likeness (QED) is 0.804. The van der Waals surface area contributed by atoms with Crippen molar-refractivity contribution in [3.8, 4) is 17.2 Å². The molecule has 0 aromatic heterocycles. The molecule has 1 atom stereocenters. The molecule has 0 fully saturated rings. The largest absolute Gasteiger partial charge is 0.497 e. The highest BCUT2D eigenvalue weighted by Crippen LogP contribution is 2.31. The van der Waals surface area contributed by atoms with Gasteiger partial charge in [-0.2, -0.15) is 0 Å². The minimum absolute atomic E-state index is 0.225. The topological polar surface area (TPSA) is 53.7 Å². The smallest absolute Gasteiger partial charge is 0.125 e. The van der Waals surface area contributed by atoms with Crippen molar-refractivity contribution in [1.82, 2.24) is 0 Å². The van der Waals surface area contributed by atoms with E-state index in [1.165, 1.54) is 11.1 Å². The number of benzene rings is 2. The summed E-state index contributed by atoms with van der Waals surface area (Å²) in [5, 5.41) is 0. The van der Waals surface area contributed by atoms with Gasteiger partial charge in [-0.3, -0.25) is 0 Å². The lowest BCUT2D eigenvalue weighted by Gasteiger charge is -2.19. The van der Waals surface area contributed by atoms with E-state index >= 15 is 0 Å². The molecule has 0 amide bonds. The van der Waals surface area contributed by atoms with E-state index in [0.29, 0.717) is 6.54 Å². The summed E-state index contributed by atoms with van der Waals surface area (Å²) in [5.74, 6) is 2.78. The van der Waals surface area contributed by atoms with Crippen LogP contribution in [-0.4, -0.2) is 27.9 Å². The van der Waals surface area contributed by atoms with Gasteiger partial charge >= 0.3 is 0 Å². The molecular weight excluding hydrogens is 302 g/mol.